The second-order valence-corrected chi connectivity index (χ2v) is 10.6. The largest absolute Gasteiger partial charge is 0.372 e. The first kappa shape index (κ1) is 21.1. The standard InChI is InChI=1S/C20H21F2N2O4P/c1-29(2,28)17-5-3-16(4-6-17)24-8-7-20(27,19(24)26)18(25)23-12-13-9-14(21)11-15(22)10-13/h3-6,9-11,27H,7-8,12H2,1-2H3,(H,23,25)/t20-/m1/s1. The molecule has 2 amide bonds. The van der Waals surface area contributed by atoms with Crippen molar-refractivity contribution in [1.82, 2.24) is 5.32 Å². The van der Waals surface area contributed by atoms with Crippen LogP contribution in [0.3, 0.4) is 0 Å². The zero-order chi connectivity index (χ0) is 21.4. The number of anilines is 1. The van der Waals surface area contributed by atoms with E-state index in [0.29, 0.717) is 17.1 Å². The Morgan fingerprint density at radius 1 is 1.17 bits per heavy atom. The molecular weight excluding hydrogens is 401 g/mol. The molecule has 1 heterocycles. The average Bonchev–Trinajstić information content (AvgIpc) is 2.94. The van der Waals surface area contributed by atoms with E-state index in [0.717, 1.165) is 12.1 Å². The minimum absolute atomic E-state index is 0.118. The van der Waals surface area contributed by atoms with Crippen molar-refractivity contribution < 1.29 is 28.0 Å². The van der Waals surface area contributed by atoms with Crippen LogP contribution in [0.15, 0.2) is 42.5 Å². The third-order valence-electron chi connectivity index (χ3n) is 4.83. The first-order chi connectivity index (χ1) is 13.5. The molecular formula is C20H21F2N2O4P. The molecule has 154 valence electrons. The summed E-state index contributed by atoms with van der Waals surface area (Å²) in [5.74, 6) is -3.30. The van der Waals surface area contributed by atoms with Crippen molar-refractivity contribution in [3.63, 3.8) is 0 Å². The number of nitrogens with one attached hydrogen (secondary N) is 1. The highest BCUT2D eigenvalue weighted by Gasteiger charge is 2.51. The van der Waals surface area contributed by atoms with Gasteiger partial charge in [-0.05, 0) is 55.3 Å². The Hall–Kier alpha value is -2.57. The molecule has 0 aliphatic carbocycles. The Bertz CT molecular complexity index is 986. The van der Waals surface area contributed by atoms with E-state index in [2.05, 4.69) is 5.32 Å². The molecule has 0 radical (unpaired) electrons. The number of hydrogen-bond acceptors (Lipinski definition) is 4. The maximum absolute atomic E-state index is 13.3. The number of rotatable bonds is 5. The molecule has 1 saturated heterocycles. The van der Waals surface area contributed by atoms with Crippen LogP contribution < -0.4 is 15.5 Å². The highest BCUT2D eigenvalue weighted by molar-refractivity contribution is 7.70. The van der Waals surface area contributed by atoms with Gasteiger partial charge < -0.3 is 19.9 Å². The lowest BCUT2D eigenvalue weighted by Crippen LogP contribution is -2.52. The molecule has 0 unspecified atom stereocenters. The van der Waals surface area contributed by atoms with Crippen LogP contribution in [0.2, 0.25) is 0 Å². The summed E-state index contributed by atoms with van der Waals surface area (Å²) in [6.07, 6.45) is -0.128. The number of nitrogens with zero attached hydrogens (tertiary/aromatic N) is 1. The lowest BCUT2D eigenvalue weighted by Gasteiger charge is -2.22. The summed E-state index contributed by atoms with van der Waals surface area (Å²) in [6, 6.07) is 9.35. The number of amides is 2. The van der Waals surface area contributed by atoms with Crippen molar-refractivity contribution in [1.29, 1.82) is 0 Å². The maximum Gasteiger partial charge on any atom is 0.268 e. The van der Waals surface area contributed by atoms with E-state index in [9.17, 15) is 28.0 Å². The Balaban J connectivity index is 1.71. The fourth-order valence-corrected chi connectivity index (χ4v) is 4.06. The fourth-order valence-electron chi connectivity index (χ4n) is 3.20. The van der Waals surface area contributed by atoms with Crippen molar-refractivity contribution in [2.24, 2.45) is 0 Å². The normalized spacial score (nSPS) is 19.5. The Kier molecular flexibility index (Phi) is 5.61. The van der Waals surface area contributed by atoms with E-state index in [1.807, 2.05) is 0 Å². The van der Waals surface area contributed by atoms with Gasteiger partial charge >= 0.3 is 0 Å². The van der Waals surface area contributed by atoms with Crippen LogP contribution in [0, 0.1) is 11.6 Å². The molecule has 1 aliphatic heterocycles. The molecule has 6 nitrogen and oxygen atoms in total. The van der Waals surface area contributed by atoms with Gasteiger partial charge in [0.05, 0.1) is 0 Å². The molecule has 29 heavy (non-hydrogen) atoms. The topological polar surface area (TPSA) is 86.7 Å². The van der Waals surface area contributed by atoms with Gasteiger partial charge in [0.2, 0.25) is 5.60 Å². The molecule has 9 heteroatoms. The zero-order valence-electron chi connectivity index (χ0n) is 16.0. The van der Waals surface area contributed by atoms with E-state index >= 15 is 0 Å². The minimum atomic E-state index is -2.44. The van der Waals surface area contributed by atoms with Gasteiger partial charge in [0.1, 0.15) is 18.8 Å². The zero-order valence-corrected chi connectivity index (χ0v) is 16.9. The first-order valence-corrected chi connectivity index (χ1v) is 11.5. The lowest BCUT2D eigenvalue weighted by atomic mass is 10.0. The molecule has 0 saturated carbocycles. The molecule has 0 aromatic heterocycles. The highest BCUT2D eigenvalue weighted by atomic mass is 31.2. The summed E-state index contributed by atoms with van der Waals surface area (Å²) < 4.78 is 38.6. The minimum Gasteiger partial charge on any atom is -0.372 e. The van der Waals surface area contributed by atoms with Crippen LogP contribution >= 0.6 is 7.14 Å². The summed E-state index contributed by atoms with van der Waals surface area (Å²) >= 11 is 0. The van der Waals surface area contributed by atoms with Gasteiger partial charge in [0.15, 0.2) is 0 Å². The molecule has 1 aliphatic rings. The predicted molar refractivity (Wildman–Crippen MR) is 106 cm³/mol. The molecule has 0 bridgehead atoms. The van der Waals surface area contributed by atoms with E-state index in [-0.39, 0.29) is 25.1 Å². The van der Waals surface area contributed by atoms with Crippen molar-refractivity contribution in [3.05, 3.63) is 59.7 Å². The van der Waals surface area contributed by atoms with Gasteiger partial charge in [-0.15, -0.1) is 0 Å². The van der Waals surface area contributed by atoms with Crippen LogP contribution in [0.1, 0.15) is 12.0 Å². The van der Waals surface area contributed by atoms with Crippen LogP contribution in [-0.2, 0) is 20.7 Å². The van der Waals surface area contributed by atoms with E-state index in [1.165, 1.54) is 4.90 Å². The molecule has 1 fully saturated rings. The molecule has 2 aromatic rings. The average molecular weight is 422 g/mol. The van der Waals surface area contributed by atoms with Gasteiger partial charge in [-0.25, -0.2) is 8.78 Å². The number of carbonyl (C=O) groups excluding carboxylic acids is 2. The quantitative estimate of drug-likeness (QED) is 0.570. The van der Waals surface area contributed by atoms with E-state index < -0.39 is 36.2 Å². The van der Waals surface area contributed by atoms with Crippen LogP contribution in [0.5, 0.6) is 0 Å². The van der Waals surface area contributed by atoms with Crippen molar-refractivity contribution >= 4 is 29.9 Å². The number of halogens is 2. The van der Waals surface area contributed by atoms with Gasteiger partial charge in [0.25, 0.3) is 11.8 Å². The Morgan fingerprint density at radius 2 is 1.76 bits per heavy atom. The van der Waals surface area contributed by atoms with Crippen molar-refractivity contribution in [3.8, 4) is 0 Å². The molecule has 0 spiro atoms. The van der Waals surface area contributed by atoms with Crippen LogP contribution in [0.4, 0.5) is 14.5 Å². The lowest BCUT2D eigenvalue weighted by molar-refractivity contribution is -0.149. The van der Waals surface area contributed by atoms with Crippen molar-refractivity contribution in [2.45, 2.75) is 18.6 Å². The third-order valence-corrected chi connectivity index (χ3v) is 6.37. The number of hydrogen-bond donors (Lipinski definition) is 2. The second-order valence-electron chi connectivity index (χ2n) is 7.39. The number of benzene rings is 2. The maximum atomic E-state index is 13.3. The summed E-state index contributed by atoms with van der Waals surface area (Å²) in [5.41, 5.74) is -1.63. The molecule has 2 aromatic carbocycles. The van der Waals surface area contributed by atoms with E-state index in [4.69, 9.17) is 0 Å². The SMILES string of the molecule is CP(C)(=O)c1ccc(N2CC[C@@](O)(C(=O)NCc3cc(F)cc(F)c3)C2=O)cc1. The summed E-state index contributed by atoms with van der Waals surface area (Å²) in [5, 5.41) is 13.7. The number of aliphatic hydroxyl groups is 1. The van der Waals surface area contributed by atoms with Gasteiger partial charge in [-0.1, -0.05) is 0 Å². The van der Waals surface area contributed by atoms with Crippen LogP contribution in [-0.4, -0.2) is 42.4 Å². The molecule has 3 rings (SSSR count). The monoisotopic (exact) mass is 422 g/mol. The van der Waals surface area contributed by atoms with Gasteiger partial charge in [0, 0.05) is 36.6 Å². The summed E-state index contributed by atoms with van der Waals surface area (Å²) in [4.78, 5) is 26.4. The van der Waals surface area contributed by atoms with Crippen molar-refractivity contribution in [2.75, 3.05) is 24.8 Å². The van der Waals surface area contributed by atoms with E-state index in [1.54, 1.807) is 37.6 Å². The van der Waals surface area contributed by atoms with Crippen LogP contribution in [0.25, 0.3) is 0 Å². The highest BCUT2D eigenvalue weighted by Crippen LogP contribution is 2.35. The van der Waals surface area contributed by atoms with Gasteiger partial charge in [-0.2, -0.15) is 0 Å². The molecule has 1 atom stereocenters. The fraction of sp³-hybridized carbons (Fsp3) is 0.300. The third kappa shape index (κ3) is 4.38. The summed E-state index contributed by atoms with van der Waals surface area (Å²) in [6.45, 7) is 3.15. The smallest absolute Gasteiger partial charge is 0.268 e. The Morgan fingerprint density at radius 3 is 2.31 bits per heavy atom. The summed E-state index contributed by atoms with van der Waals surface area (Å²) in [7, 11) is -2.44. The second kappa shape index (κ2) is 7.69. The number of carbonyl (C=O) groups is 2. The first-order valence-electron chi connectivity index (χ1n) is 8.94. The Labute approximate surface area is 166 Å². The molecule has 2 N–H and O–H groups in total. The predicted octanol–water partition coefficient (Wildman–Crippen LogP) is 2.00. The van der Waals surface area contributed by atoms with Gasteiger partial charge in [-0.3, -0.25) is 9.59 Å².